The third-order valence-electron chi connectivity index (χ3n) is 2.21. The van der Waals surface area contributed by atoms with E-state index in [4.69, 9.17) is 5.11 Å². The molecule has 0 unspecified atom stereocenters. The number of amides is 1. The Morgan fingerprint density at radius 1 is 1.40 bits per heavy atom. The number of nitrogens with one attached hydrogen (secondary N) is 2. The molecular formula is C11H14N2O5S2. The Morgan fingerprint density at radius 2 is 2.10 bits per heavy atom. The van der Waals surface area contributed by atoms with Crippen LogP contribution in [0.25, 0.3) is 6.08 Å². The SMILES string of the molecule is CNS(=O)(=O)CCNC(=O)c1ccc(/C=C/C(=O)O)s1. The van der Waals surface area contributed by atoms with Gasteiger partial charge in [-0.05, 0) is 25.3 Å². The Bertz CT molecular complexity index is 619. The average Bonchev–Trinajstić information content (AvgIpc) is 2.85. The lowest BCUT2D eigenvalue weighted by molar-refractivity contribution is -0.131. The van der Waals surface area contributed by atoms with Gasteiger partial charge in [0.25, 0.3) is 5.91 Å². The lowest BCUT2D eigenvalue weighted by atomic mass is 10.4. The number of hydrogen-bond acceptors (Lipinski definition) is 5. The molecule has 0 fully saturated rings. The minimum absolute atomic E-state index is 0.000204. The molecule has 20 heavy (non-hydrogen) atoms. The maximum atomic E-state index is 11.7. The second kappa shape index (κ2) is 7.17. The first-order valence-corrected chi connectivity index (χ1v) is 8.01. The van der Waals surface area contributed by atoms with Gasteiger partial charge in [-0.2, -0.15) is 0 Å². The molecule has 3 N–H and O–H groups in total. The van der Waals surface area contributed by atoms with Gasteiger partial charge in [0.1, 0.15) is 0 Å². The standard InChI is InChI=1S/C11H14N2O5S2/c1-12-20(17,18)7-6-13-11(16)9-4-2-8(19-9)3-5-10(14)15/h2-5,12H,6-7H2,1H3,(H,13,16)(H,14,15)/b5-3+. The van der Waals surface area contributed by atoms with Gasteiger partial charge in [-0.25, -0.2) is 17.9 Å². The Kier molecular flexibility index (Phi) is 5.86. The molecule has 1 aromatic rings. The summed E-state index contributed by atoms with van der Waals surface area (Å²) >= 11 is 1.12. The second-order valence-corrected chi connectivity index (χ2v) is 6.81. The summed E-state index contributed by atoms with van der Waals surface area (Å²) in [4.78, 5) is 23.1. The summed E-state index contributed by atoms with van der Waals surface area (Å²) in [6.07, 6.45) is 2.36. The fourth-order valence-corrected chi connectivity index (χ4v) is 2.61. The Balaban J connectivity index is 2.54. The zero-order chi connectivity index (χ0) is 15.2. The molecule has 110 valence electrons. The van der Waals surface area contributed by atoms with E-state index < -0.39 is 21.9 Å². The lowest BCUT2D eigenvalue weighted by Gasteiger charge is -2.03. The fraction of sp³-hybridized carbons (Fsp3) is 0.273. The van der Waals surface area contributed by atoms with Gasteiger partial charge in [0, 0.05) is 17.5 Å². The van der Waals surface area contributed by atoms with Gasteiger partial charge in [-0.1, -0.05) is 0 Å². The summed E-state index contributed by atoms with van der Waals surface area (Å²) in [5, 5.41) is 11.0. The minimum Gasteiger partial charge on any atom is -0.478 e. The summed E-state index contributed by atoms with van der Waals surface area (Å²) < 4.78 is 24.4. The molecule has 1 amide bonds. The molecule has 0 spiro atoms. The quantitative estimate of drug-likeness (QED) is 0.618. The molecule has 9 heteroatoms. The van der Waals surface area contributed by atoms with Crippen molar-refractivity contribution in [1.29, 1.82) is 0 Å². The zero-order valence-corrected chi connectivity index (χ0v) is 12.3. The number of aliphatic carboxylic acids is 1. The van der Waals surface area contributed by atoms with Gasteiger partial charge in [-0.3, -0.25) is 4.79 Å². The largest absolute Gasteiger partial charge is 0.478 e. The fourth-order valence-electron chi connectivity index (χ4n) is 1.21. The highest BCUT2D eigenvalue weighted by molar-refractivity contribution is 7.89. The van der Waals surface area contributed by atoms with Crippen LogP contribution in [0.4, 0.5) is 0 Å². The summed E-state index contributed by atoms with van der Waals surface area (Å²) in [6.45, 7) is 0.000204. The van der Waals surface area contributed by atoms with E-state index in [0.29, 0.717) is 9.75 Å². The lowest BCUT2D eigenvalue weighted by Crippen LogP contribution is -2.32. The van der Waals surface area contributed by atoms with Gasteiger partial charge < -0.3 is 10.4 Å². The molecule has 0 saturated carbocycles. The first-order valence-electron chi connectivity index (χ1n) is 5.54. The molecule has 0 aliphatic heterocycles. The topological polar surface area (TPSA) is 113 Å². The van der Waals surface area contributed by atoms with Crippen molar-refractivity contribution in [3.8, 4) is 0 Å². The van der Waals surface area contributed by atoms with Gasteiger partial charge in [-0.15, -0.1) is 11.3 Å². The highest BCUT2D eigenvalue weighted by Gasteiger charge is 2.11. The molecule has 0 aliphatic carbocycles. The smallest absolute Gasteiger partial charge is 0.328 e. The van der Waals surface area contributed by atoms with E-state index in [-0.39, 0.29) is 12.3 Å². The highest BCUT2D eigenvalue weighted by atomic mass is 32.2. The van der Waals surface area contributed by atoms with Crippen LogP contribution in [0.15, 0.2) is 18.2 Å². The second-order valence-electron chi connectivity index (χ2n) is 3.65. The number of rotatable bonds is 7. The number of carbonyl (C=O) groups excluding carboxylic acids is 1. The van der Waals surface area contributed by atoms with Crippen LogP contribution in [0.3, 0.4) is 0 Å². The number of carboxylic acid groups (broad SMARTS) is 1. The van der Waals surface area contributed by atoms with Crippen LogP contribution in [0, 0.1) is 0 Å². The molecule has 0 aromatic carbocycles. The van der Waals surface area contributed by atoms with Crippen LogP contribution in [0.2, 0.25) is 0 Å². The van der Waals surface area contributed by atoms with Crippen LogP contribution in [-0.2, 0) is 14.8 Å². The number of carboxylic acids is 1. The van der Waals surface area contributed by atoms with Gasteiger partial charge in [0.05, 0.1) is 10.6 Å². The number of thiophene rings is 1. The van der Waals surface area contributed by atoms with Crippen LogP contribution in [-0.4, -0.2) is 44.7 Å². The van der Waals surface area contributed by atoms with Gasteiger partial charge >= 0.3 is 5.97 Å². The van der Waals surface area contributed by atoms with E-state index in [0.717, 1.165) is 17.4 Å². The molecule has 1 heterocycles. The number of hydrogen-bond donors (Lipinski definition) is 3. The number of carbonyl (C=O) groups is 2. The molecule has 0 atom stereocenters. The third kappa shape index (κ3) is 5.51. The average molecular weight is 318 g/mol. The Hall–Kier alpha value is -1.71. The van der Waals surface area contributed by atoms with E-state index in [1.165, 1.54) is 13.1 Å². The molecular weight excluding hydrogens is 304 g/mol. The summed E-state index contributed by atoms with van der Waals surface area (Å²) in [6, 6.07) is 3.16. The van der Waals surface area contributed by atoms with Crippen molar-refractivity contribution < 1.29 is 23.1 Å². The van der Waals surface area contributed by atoms with Crippen molar-refractivity contribution >= 4 is 39.3 Å². The van der Waals surface area contributed by atoms with Gasteiger partial charge in [0.15, 0.2) is 0 Å². The maximum Gasteiger partial charge on any atom is 0.328 e. The zero-order valence-electron chi connectivity index (χ0n) is 10.6. The first kappa shape index (κ1) is 16.3. The van der Waals surface area contributed by atoms with Crippen LogP contribution < -0.4 is 10.0 Å². The van der Waals surface area contributed by atoms with Crippen molar-refractivity contribution in [3.05, 3.63) is 28.0 Å². The normalized spacial score (nSPS) is 11.7. The van der Waals surface area contributed by atoms with Crippen LogP contribution >= 0.6 is 11.3 Å². The van der Waals surface area contributed by atoms with E-state index in [9.17, 15) is 18.0 Å². The Morgan fingerprint density at radius 3 is 2.70 bits per heavy atom. The third-order valence-corrected chi connectivity index (χ3v) is 4.62. The van der Waals surface area contributed by atoms with E-state index >= 15 is 0 Å². The number of sulfonamides is 1. The van der Waals surface area contributed by atoms with E-state index in [1.807, 2.05) is 0 Å². The van der Waals surface area contributed by atoms with Crippen molar-refractivity contribution in [3.63, 3.8) is 0 Å². The molecule has 0 saturated heterocycles. The predicted molar refractivity (Wildman–Crippen MR) is 76.2 cm³/mol. The van der Waals surface area contributed by atoms with E-state index in [2.05, 4.69) is 10.0 Å². The highest BCUT2D eigenvalue weighted by Crippen LogP contribution is 2.17. The van der Waals surface area contributed by atoms with E-state index in [1.54, 1.807) is 12.1 Å². The molecule has 0 bridgehead atoms. The van der Waals surface area contributed by atoms with Crippen molar-refractivity contribution in [1.82, 2.24) is 10.0 Å². The first-order chi connectivity index (χ1) is 9.34. The maximum absolute atomic E-state index is 11.7. The minimum atomic E-state index is -3.35. The van der Waals surface area contributed by atoms with Gasteiger partial charge in [0.2, 0.25) is 10.0 Å². The summed E-state index contributed by atoms with van der Waals surface area (Å²) in [5.41, 5.74) is 0. The molecule has 1 rings (SSSR count). The summed E-state index contributed by atoms with van der Waals surface area (Å²) in [5.74, 6) is -1.66. The van der Waals surface area contributed by atoms with Crippen molar-refractivity contribution in [2.75, 3.05) is 19.3 Å². The van der Waals surface area contributed by atoms with Crippen LogP contribution in [0.1, 0.15) is 14.5 Å². The van der Waals surface area contributed by atoms with Crippen LogP contribution in [0.5, 0.6) is 0 Å². The van der Waals surface area contributed by atoms with Crippen molar-refractivity contribution in [2.45, 2.75) is 0 Å². The summed E-state index contributed by atoms with van der Waals surface area (Å²) in [7, 11) is -2.04. The molecule has 7 nitrogen and oxygen atoms in total. The monoisotopic (exact) mass is 318 g/mol. The molecule has 0 radical (unpaired) electrons. The predicted octanol–water partition coefficient (Wildman–Crippen LogP) is 0.125. The Labute approximate surface area is 120 Å². The molecule has 0 aliphatic rings. The molecule has 1 aromatic heterocycles. The van der Waals surface area contributed by atoms with Crippen molar-refractivity contribution in [2.24, 2.45) is 0 Å².